The number of hydrogen-bond donors (Lipinski definition) is 2. The van der Waals surface area contributed by atoms with E-state index in [2.05, 4.69) is 5.32 Å². The lowest BCUT2D eigenvalue weighted by atomic mass is 9.83. The second kappa shape index (κ2) is 12.2. The number of carbonyl (C=O) groups excluding carboxylic acids is 3. The van der Waals surface area contributed by atoms with Crippen molar-refractivity contribution in [1.82, 2.24) is 10.2 Å². The highest BCUT2D eigenvalue weighted by atomic mass is 16.5. The molecule has 0 saturated heterocycles. The quantitative estimate of drug-likeness (QED) is 0.416. The Bertz CT molecular complexity index is 819. The number of esters is 1. The zero-order chi connectivity index (χ0) is 22.8. The zero-order valence-corrected chi connectivity index (χ0v) is 18.9. The van der Waals surface area contributed by atoms with Crippen LogP contribution in [0.15, 0.2) is 35.5 Å². The Morgan fingerprint density at radius 2 is 1.94 bits per heavy atom. The Hall–Kier alpha value is -2.67. The Kier molecular flexibility index (Phi) is 9.72. The van der Waals surface area contributed by atoms with Gasteiger partial charge in [0.2, 0.25) is 11.8 Å². The van der Waals surface area contributed by atoms with Crippen LogP contribution in [-0.4, -0.2) is 48.9 Å². The lowest BCUT2D eigenvalue weighted by molar-refractivity contribution is -0.141. The molecule has 1 aromatic rings. The normalized spacial score (nSPS) is 16.5. The molecule has 1 atom stereocenters. The molecule has 1 unspecified atom stereocenters. The van der Waals surface area contributed by atoms with E-state index < -0.39 is 5.97 Å². The van der Waals surface area contributed by atoms with Gasteiger partial charge in [0, 0.05) is 24.6 Å². The number of aryl methyl sites for hydroxylation is 1. The summed E-state index contributed by atoms with van der Waals surface area (Å²) in [6.07, 6.45) is 4.03. The van der Waals surface area contributed by atoms with Gasteiger partial charge in [-0.3, -0.25) is 9.59 Å². The van der Waals surface area contributed by atoms with E-state index in [-0.39, 0.29) is 37.3 Å². The van der Waals surface area contributed by atoms with Crippen LogP contribution in [0.3, 0.4) is 0 Å². The number of nitrogens with one attached hydrogen (secondary N) is 1. The Labute approximate surface area is 185 Å². The minimum atomic E-state index is -0.440. The largest absolute Gasteiger partial charge is 0.463 e. The highest BCUT2D eigenvalue weighted by Gasteiger charge is 2.37. The van der Waals surface area contributed by atoms with Crippen molar-refractivity contribution in [3.05, 3.63) is 46.7 Å². The number of amides is 2. The Morgan fingerprint density at radius 3 is 2.61 bits per heavy atom. The van der Waals surface area contributed by atoms with Crippen molar-refractivity contribution in [2.45, 2.75) is 58.8 Å². The molecule has 0 spiro atoms. The first-order valence-corrected chi connectivity index (χ1v) is 11.1. The number of hydrogen-bond acceptors (Lipinski definition) is 5. The Balaban J connectivity index is 2.16. The maximum Gasteiger partial charge on any atom is 0.336 e. The molecule has 0 fully saturated rings. The highest BCUT2D eigenvalue weighted by molar-refractivity contribution is 5.97. The number of nitrogens with zero attached hydrogens (tertiary/aromatic N) is 1. The van der Waals surface area contributed by atoms with Gasteiger partial charge in [-0.2, -0.15) is 0 Å². The molecule has 31 heavy (non-hydrogen) atoms. The molecule has 0 radical (unpaired) electrons. The van der Waals surface area contributed by atoms with Crippen molar-refractivity contribution in [1.29, 1.82) is 0 Å². The van der Waals surface area contributed by atoms with Gasteiger partial charge in [-0.15, -0.1) is 0 Å². The fraction of sp³-hybridized carbons (Fsp3) is 0.542. The lowest BCUT2D eigenvalue weighted by Gasteiger charge is -2.34. The second-order valence-electron chi connectivity index (χ2n) is 7.92. The molecule has 7 heteroatoms. The molecular formula is C24H35N3O4. The van der Waals surface area contributed by atoms with Crippen LogP contribution in [0.5, 0.6) is 0 Å². The van der Waals surface area contributed by atoms with Crippen LogP contribution in [-0.2, 0) is 19.1 Å². The first-order chi connectivity index (χ1) is 14.9. The number of allylic oxidation sites excluding steroid dienone is 1. The fourth-order valence-corrected chi connectivity index (χ4v) is 3.90. The van der Waals surface area contributed by atoms with E-state index in [4.69, 9.17) is 10.5 Å². The first-order valence-electron chi connectivity index (χ1n) is 11.1. The van der Waals surface area contributed by atoms with Gasteiger partial charge in [0.05, 0.1) is 12.2 Å². The van der Waals surface area contributed by atoms with E-state index in [1.165, 1.54) is 4.90 Å². The van der Waals surface area contributed by atoms with Crippen molar-refractivity contribution in [2.75, 3.05) is 26.2 Å². The summed E-state index contributed by atoms with van der Waals surface area (Å²) >= 11 is 0. The van der Waals surface area contributed by atoms with Gasteiger partial charge < -0.3 is 20.7 Å². The molecule has 1 aromatic carbocycles. The van der Waals surface area contributed by atoms with E-state index in [0.717, 1.165) is 36.8 Å². The van der Waals surface area contributed by atoms with Crippen LogP contribution < -0.4 is 11.1 Å². The first kappa shape index (κ1) is 24.6. The summed E-state index contributed by atoms with van der Waals surface area (Å²) in [5.74, 6) is -1.23. The molecule has 3 N–H and O–H groups in total. The standard InChI is InChI=1S/C24H35N3O4/c1-4-31-24(30)23-18(3)27(16-21(28)26-13-8-6-5-7-12-25)22(29)15-20(23)19-11-9-10-17(2)14-19/h9-11,14,20H,4-8,12-13,15-16,25H2,1-3H3,(H,26,28). The van der Waals surface area contributed by atoms with Crippen molar-refractivity contribution in [3.8, 4) is 0 Å². The van der Waals surface area contributed by atoms with Crippen molar-refractivity contribution in [2.24, 2.45) is 5.73 Å². The maximum absolute atomic E-state index is 12.9. The van der Waals surface area contributed by atoms with Crippen LogP contribution in [0, 0.1) is 6.92 Å². The van der Waals surface area contributed by atoms with Gasteiger partial charge in [-0.25, -0.2) is 4.79 Å². The fourth-order valence-electron chi connectivity index (χ4n) is 3.90. The molecule has 2 amide bonds. The zero-order valence-electron chi connectivity index (χ0n) is 18.9. The maximum atomic E-state index is 12.9. The molecule has 2 rings (SSSR count). The summed E-state index contributed by atoms with van der Waals surface area (Å²) in [6, 6.07) is 7.80. The Morgan fingerprint density at radius 1 is 1.19 bits per heavy atom. The monoisotopic (exact) mass is 429 g/mol. The average molecular weight is 430 g/mol. The molecule has 0 bridgehead atoms. The summed E-state index contributed by atoms with van der Waals surface area (Å²) in [5, 5.41) is 2.86. The van der Waals surface area contributed by atoms with Crippen LogP contribution in [0.2, 0.25) is 0 Å². The number of nitrogens with two attached hydrogens (primary N) is 1. The second-order valence-corrected chi connectivity index (χ2v) is 7.92. The molecule has 0 aromatic heterocycles. The molecule has 1 aliphatic heterocycles. The molecule has 7 nitrogen and oxygen atoms in total. The van der Waals surface area contributed by atoms with E-state index in [1.807, 2.05) is 31.2 Å². The SMILES string of the molecule is CCOC(=O)C1=C(C)N(CC(=O)NCCCCCCN)C(=O)CC1c1cccc(C)c1. The van der Waals surface area contributed by atoms with Gasteiger partial charge in [-0.05, 0) is 45.7 Å². The predicted molar refractivity (Wildman–Crippen MR) is 120 cm³/mol. The number of rotatable bonds is 11. The van der Waals surface area contributed by atoms with E-state index >= 15 is 0 Å². The van der Waals surface area contributed by atoms with Crippen LogP contribution in [0.4, 0.5) is 0 Å². The summed E-state index contributed by atoms with van der Waals surface area (Å²) in [6.45, 7) is 6.83. The number of carbonyl (C=O) groups is 3. The summed E-state index contributed by atoms with van der Waals surface area (Å²) in [4.78, 5) is 39.5. The summed E-state index contributed by atoms with van der Waals surface area (Å²) in [5.41, 5.74) is 8.37. The third kappa shape index (κ3) is 6.92. The van der Waals surface area contributed by atoms with Crippen LogP contribution in [0.25, 0.3) is 0 Å². The molecule has 170 valence electrons. The van der Waals surface area contributed by atoms with Crippen molar-refractivity contribution >= 4 is 17.8 Å². The van der Waals surface area contributed by atoms with Crippen LogP contribution >= 0.6 is 0 Å². The topological polar surface area (TPSA) is 102 Å². The van der Waals surface area contributed by atoms with Crippen molar-refractivity contribution < 1.29 is 19.1 Å². The smallest absolute Gasteiger partial charge is 0.336 e. The van der Waals surface area contributed by atoms with Gasteiger partial charge in [0.1, 0.15) is 6.54 Å². The van der Waals surface area contributed by atoms with E-state index in [1.54, 1.807) is 13.8 Å². The highest BCUT2D eigenvalue weighted by Crippen LogP contribution is 2.37. The number of benzene rings is 1. The number of unbranched alkanes of at least 4 members (excludes halogenated alkanes) is 3. The van der Waals surface area contributed by atoms with E-state index in [0.29, 0.717) is 24.4 Å². The third-order valence-corrected chi connectivity index (χ3v) is 5.52. The molecular weight excluding hydrogens is 394 g/mol. The van der Waals surface area contributed by atoms with E-state index in [9.17, 15) is 14.4 Å². The third-order valence-electron chi connectivity index (χ3n) is 5.52. The van der Waals surface area contributed by atoms with Crippen molar-refractivity contribution in [3.63, 3.8) is 0 Å². The predicted octanol–water partition coefficient (Wildman–Crippen LogP) is 2.78. The molecule has 1 aliphatic rings. The summed E-state index contributed by atoms with van der Waals surface area (Å²) in [7, 11) is 0. The molecule has 0 saturated carbocycles. The van der Waals surface area contributed by atoms with Gasteiger partial charge >= 0.3 is 5.97 Å². The average Bonchev–Trinajstić information content (AvgIpc) is 2.73. The minimum absolute atomic E-state index is 0.100. The molecule has 1 heterocycles. The number of ether oxygens (including phenoxy) is 1. The summed E-state index contributed by atoms with van der Waals surface area (Å²) < 4.78 is 5.29. The van der Waals surface area contributed by atoms with Crippen LogP contribution in [0.1, 0.15) is 63.0 Å². The molecule has 0 aliphatic carbocycles. The minimum Gasteiger partial charge on any atom is -0.463 e. The van der Waals surface area contributed by atoms with Gasteiger partial charge in [0.25, 0.3) is 0 Å². The van der Waals surface area contributed by atoms with Gasteiger partial charge in [0.15, 0.2) is 0 Å². The van der Waals surface area contributed by atoms with Gasteiger partial charge in [-0.1, -0.05) is 42.7 Å². The lowest BCUT2D eigenvalue weighted by Crippen LogP contribution is -2.44.